The fourth-order valence-electron chi connectivity index (χ4n) is 4.34. The number of aliphatic hydroxyl groups is 1. The van der Waals surface area contributed by atoms with E-state index in [2.05, 4.69) is 11.4 Å². The third-order valence-corrected chi connectivity index (χ3v) is 6.64. The van der Waals surface area contributed by atoms with E-state index in [-0.39, 0.29) is 24.2 Å². The molecule has 0 aromatic heterocycles. The average molecular weight is 453 g/mol. The van der Waals surface area contributed by atoms with Gasteiger partial charge in [0.2, 0.25) is 11.8 Å². The molecule has 0 radical (unpaired) electrons. The number of nitrogens with zero attached hydrogens (tertiary/aromatic N) is 3. The summed E-state index contributed by atoms with van der Waals surface area (Å²) in [6, 6.07) is 17.6. The number of nitrogens with one attached hydrogen (secondary N) is 1. The van der Waals surface area contributed by atoms with Gasteiger partial charge < -0.3 is 25.1 Å². The zero-order chi connectivity index (χ0) is 24.2. The highest BCUT2D eigenvalue weighted by Gasteiger charge is 2.39. The van der Waals surface area contributed by atoms with E-state index in [1.54, 1.807) is 11.9 Å². The number of likely N-dealkylation sites (tertiary alicyclic amines) is 1. The van der Waals surface area contributed by atoms with E-state index >= 15 is 0 Å². The van der Waals surface area contributed by atoms with Crippen LogP contribution in [0.3, 0.4) is 0 Å². The van der Waals surface area contributed by atoms with Crippen molar-refractivity contribution in [2.24, 2.45) is 5.92 Å². The smallest absolute Gasteiger partial charge is 0.226 e. The maximum absolute atomic E-state index is 13.0. The Morgan fingerprint density at radius 3 is 2.42 bits per heavy atom. The predicted molar refractivity (Wildman–Crippen MR) is 132 cm³/mol. The van der Waals surface area contributed by atoms with Crippen molar-refractivity contribution >= 4 is 23.2 Å². The molecule has 1 heterocycles. The van der Waals surface area contributed by atoms with E-state index in [1.807, 2.05) is 86.4 Å². The van der Waals surface area contributed by atoms with E-state index in [9.17, 15) is 14.7 Å². The van der Waals surface area contributed by atoms with Gasteiger partial charge in [-0.3, -0.25) is 9.59 Å². The Morgan fingerprint density at radius 2 is 1.82 bits per heavy atom. The number of aliphatic hydroxyl groups excluding tert-OH is 1. The third kappa shape index (κ3) is 5.66. The highest BCUT2D eigenvalue weighted by Crippen LogP contribution is 2.29. The normalized spacial score (nSPS) is 18.5. The molecule has 7 heteroatoms. The summed E-state index contributed by atoms with van der Waals surface area (Å²) in [5.74, 6) is -0.525. The maximum Gasteiger partial charge on any atom is 0.226 e. The average Bonchev–Trinajstić information content (AvgIpc) is 3.11. The third-order valence-electron chi connectivity index (χ3n) is 6.64. The monoisotopic (exact) mass is 452 g/mol. The second-order valence-electron chi connectivity index (χ2n) is 9.38. The zero-order valence-electron chi connectivity index (χ0n) is 20.3. The summed E-state index contributed by atoms with van der Waals surface area (Å²) in [6.45, 7) is 2.83. The van der Waals surface area contributed by atoms with Gasteiger partial charge in [0.1, 0.15) is 0 Å². The van der Waals surface area contributed by atoms with Crippen LogP contribution in [0.1, 0.15) is 25.3 Å². The number of rotatable bonds is 9. The van der Waals surface area contributed by atoms with E-state index in [0.717, 1.165) is 16.9 Å². The molecule has 2 aromatic carbocycles. The lowest BCUT2D eigenvalue weighted by molar-refractivity contribution is -0.134. The predicted octanol–water partition coefficient (Wildman–Crippen LogP) is 2.45. The number of anilines is 2. The molecule has 1 saturated heterocycles. The lowest BCUT2D eigenvalue weighted by Crippen LogP contribution is -2.55. The minimum absolute atomic E-state index is 0.00706. The van der Waals surface area contributed by atoms with Crippen LogP contribution < -0.4 is 15.1 Å². The van der Waals surface area contributed by atoms with Gasteiger partial charge in [0.15, 0.2) is 0 Å². The Morgan fingerprint density at radius 1 is 1.15 bits per heavy atom. The molecule has 2 amide bonds. The van der Waals surface area contributed by atoms with Gasteiger partial charge in [-0.2, -0.15) is 0 Å². The molecule has 3 atom stereocenters. The van der Waals surface area contributed by atoms with Crippen molar-refractivity contribution < 1.29 is 14.7 Å². The molecule has 2 aromatic rings. The lowest BCUT2D eigenvalue weighted by Gasteiger charge is -2.38. The highest BCUT2D eigenvalue weighted by atomic mass is 16.3. The van der Waals surface area contributed by atoms with Crippen LogP contribution in [-0.4, -0.2) is 69.2 Å². The van der Waals surface area contributed by atoms with Crippen molar-refractivity contribution in [1.82, 2.24) is 10.2 Å². The van der Waals surface area contributed by atoms with Crippen LogP contribution in [0.15, 0.2) is 54.6 Å². The van der Waals surface area contributed by atoms with E-state index < -0.39 is 11.6 Å². The second-order valence-corrected chi connectivity index (χ2v) is 9.38. The van der Waals surface area contributed by atoms with Crippen molar-refractivity contribution in [2.75, 3.05) is 51.1 Å². The molecular formula is C26H36N4O3. The van der Waals surface area contributed by atoms with Crippen LogP contribution in [0.25, 0.3) is 0 Å². The van der Waals surface area contributed by atoms with Gasteiger partial charge in [0.05, 0.1) is 11.6 Å². The molecule has 0 aliphatic carbocycles. The van der Waals surface area contributed by atoms with Gasteiger partial charge in [0, 0.05) is 65.0 Å². The Bertz CT molecular complexity index is 965. The first-order chi connectivity index (χ1) is 15.6. The van der Waals surface area contributed by atoms with Gasteiger partial charge in [-0.05, 0) is 37.1 Å². The van der Waals surface area contributed by atoms with Crippen LogP contribution in [0.2, 0.25) is 0 Å². The Labute approximate surface area is 197 Å². The number of amides is 2. The van der Waals surface area contributed by atoms with E-state index in [4.69, 9.17) is 0 Å². The molecule has 1 unspecified atom stereocenters. The lowest BCUT2D eigenvalue weighted by atomic mass is 9.85. The number of hydrogen-bond donors (Lipinski definition) is 2. The first kappa shape index (κ1) is 24.6. The van der Waals surface area contributed by atoms with Crippen LogP contribution in [0, 0.1) is 5.92 Å². The maximum atomic E-state index is 13.0. The summed E-state index contributed by atoms with van der Waals surface area (Å²) in [6.07, 6.45) is -0.0871. The molecule has 1 aliphatic rings. The van der Waals surface area contributed by atoms with Crippen molar-refractivity contribution in [3.63, 3.8) is 0 Å². The summed E-state index contributed by atoms with van der Waals surface area (Å²) < 4.78 is 0. The molecular weight excluding hydrogens is 416 g/mol. The van der Waals surface area contributed by atoms with Gasteiger partial charge in [-0.25, -0.2) is 0 Å². The molecule has 2 N–H and O–H groups in total. The Kier molecular flexibility index (Phi) is 7.64. The van der Waals surface area contributed by atoms with Gasteiger partial charge >= 0.3 is 0 Å². The quantitative estimate of drug-likeness (QED) is 0.611. The topological polar surface area (TPSA) is 76.1 Å². The van der Waals surface area contributed by atoms with Gasteiger partial charge in [-0.1, -0.05) is 36.4 Å². The molecule has 33 heavy (non-hydrogen) atoms. The molecule has 0 spiro atoms. The summed E-state index contributed by atoms with van der Waals surface area (Å²) >= 11 is 0. The number of carbonyl (C=O) groups is 2. The summed E-state index contributed by atoms with van der Waals surface area (Å²) in [5.41, 5.74) is 1.84. The molecule has 0 saturated carbocycles. The van der Waals surface area contributed by atoms with Crippen LogP contribution in [-0.2, 0) is 15.1 Å². The van der Waals surface area contributed by atoms with Crippen LogP contribution >= 0.6 is 0 Å². The number of hydrogen-bond acceptors (Lipinski definition) is 5. The minimum atomic E-state index is -1.01. The Balaban J connectivity index is 1.79. The van der Waals surface area contributed by atoms with Crippen molar-refractivity contribution in [2.45, 2.75) is 31.4 Å². The second kappa shape index (κ2) is 10.3. The minimum Gasteiger partial charge on any atom is -0.388 e. The highest BCUT2D eigenvalue weighted by molar-refractivity contribution is 5.87. The molecule has 7 nitrogen and oxygen atoms in total. The van der Waals surface area contributed by atoms with Gasteiger partial charge in [0.25, 0.3) is 0 Å². The fraction of sp³-hybridized carbons (Fsp3) is 0.462. The standard InChI is InChI=1S/C26H36N4O3/c1-26(20-10-7-6-8-11-20,27-24(32)16-19-14-15-29(4)25(19)33)23(31)18-30(5)22-13-9-12-21(17-22)28(2)3/h6-13,17,19,23,31H,14-16,18H2,1-5H3,(H,27,32)/t19?,23-,26+/m1/s1. The summed E-state index contributed by atoms with van der Waals surface area (Å²) in [7, 11) is 7.67. The summed E-state index contributed by atoms with van der Waals surface area (Å²) in [4.78, 5) is 31.0. The van der Waals surface area contributed by atoms with Gasteiger partial charge in [-0.15, -0.1) is 0 Å². The van der Waals surface area contributed by atoms with Crippen molar-refractivity contribution in [3.8, 4) is 0 Å². The molecule has 178 valence electrons. The molecule has 1 aliphatic heterocycles. The fourth-order valence-corrected chi connectivity index (χ4v) is 4.34. The summed E-state index contributed by atoms with van der Waals surface area (Å²) in [5, 5.41) is 14.5. The molecule has 3 rings (SSSR count). The molecule has 0 bridgehead atoms. The van der Waals surface area contributed by atoms with E-state index in [0.29, 0.717) is 19.5 Å². The number of benzene rings is 2. The van der Waals surface area contributed by atoms with E-state index in [1.165, 1.54) is 0 Å². The zero-order valence-corrected chi connectivity index (χ0v) is 20.3. The number of carbonyl (C=O) groups excluding carboxylic acids is 2. The molecule has 1 fully saturated rings. The first-order valence-electron chi connectivity index (χ1n) is 11.4. The SMILES string of the molecule is CN1CCC(CC(=O)N[C@@](C)(c2ccccc2)[C@H](O)CN(C)c2cccc(N(C)C)c2)C1=O. The number of likely N-dealkylation sites (N-methyl/N-ethyl adjacent to an activating group) is 1. The largest absolute Gasteiger partial charge is 0.388 e. The van der Waals surface area contributed by atoms with Crippen LogP contribution in [0.4, 0.5) is 11.4 Å². The first-order valence-corrected chi connectivity index (χ1v) is 11.4. The van der Waals surface area contributed by atoms with Crippen molar-refractivity contribution in [1.29, 1.82) is 0 Å². The van der Waals surface area contributed by atoms with Crippen molar-refractivity contribution in [3.05, 3.63) is 60.2 Å². The Hall–Kier alpha value is -3.06. The van der Waals surface area contributed by atoms with Crippen LogP contribution in [0.5, 0.6) is 0 Å².